The summed E-state index contributed by atoms with van der Waals surface area (Å²) in [6.45, 7) is -0.267. The molecule has 0 radical (unpaired) electrons. The Kier molecular flexibility index (Phi) is 5.28. The van der Waals surface area contributed by atoms with Gasteiger partial charge >= 0.3 is 0 Å². The minimum absolute atomic E-state index is 0.267. The lowest BCUT2D eigenvalue weighted by Crippen LogP contribution is -2.43. The minimum atomic E-state index is -0.974. The topological polar surface area (TPSA) is 94.4 Å². The van der Waals surface area contributed by atoms with Gasteiger partial charge in [0.15, 0.2) is 12.1 Å². The second-order valence-corrected chi connectivity index (χ2v) is 8.11. The molecule has 2 aliphatic heterocycles. The Morgan fingerprint density at radius 3 is 2.52 bits per heavy atom. The summed E-state index contributed by atoms with van der Waals surface area (Å²) in [5, 5.41) is 12.3. The highest BCUT2D eigenvalue weighted by atomic mass is 79.9. The molecule has 0 aliphatic carbocycles. The van der Waals surface area contributed by atoms with E-state index in [-0.39, 0.29) is 11.6 Å². The predicted molar refractivity (Wildman–Crippen MR) is 111 cm³/mol. The average Bonchev–Trinajstić information content (AvgIpc) is 3.19. The molecule has 148 valence electrons. The van der Waals surface area contributed by atoms with Crippen LogP contribution in [0.2, 0.25) is 10.0 Å². The number of benzene rings is 2. The summed E-state index contributed by atoms with van der Waals surface area (Å²) >= 11 is 15.2. The molecule has 29 heavy (non-hydrogen) atoms. The third-order valence-electron chi connectivity index (χ3n) is 4.45. The standard InChI is InChI=1S/C18H12BrCl2N5O3/c19-9-1-4-11(5-2-9)26-17(28)15-16(18(26)29)25(24-23-15)8-14(27)22-13-6-3-10(20)7-12(13)21/h1-7,15-16H,8H2,(H,22,27)/t15-,16+/m1/s1. The lowest BCUT2D eigenvalue weighted by molar-refractivity contribution is -0.123. The highest BCUT2D eigenvalue weighted by Crippen LogP contribution is 2.32. The molecule has 1 fully saturated rings. The summed E-state index contributed by atoms with van der Waals surface area (Å²) in [6.07, 6.45) is 0. The summed E-state index contributed by atoms with van der Waals surface area (Å²) in [4.78, 5) is 39.0. The van der Waals surface area contributed by atoms with Gasteiger partial charge in [-0.25, -0.2) is 4.90 Å². The molecule has 2 atom stereocenters. The highest BCUT2D eigenvalue weighted by molar-refractivity contribution is 9.10. The fourth-order valence-electron chi connectivity index (χ4n) is 3.13. The van der Waals surface area contributed by atoms with Crippen LogP contribution < -0.4 is 10.2 Å². The van der Waals surface area contributed by atoms with Crippen LogP contribution in [-0.2, 0) is 14.4 Å². The van der Waals surface area contributed by atoms with Crippen molar-refractivity contribution in [3.05, 3.63) is 57.0 Å². The van der Waals surface area contributed by atoms with E-state index in [2.05, 4.69) is 31.6 Å². The number of carbonyl (C=O) groups excluding carboxylic acids is 3. The van der Waals surface area contributed by atoms with Gasteiger partial charge in [-0.05, 0) is 42.5 Å². The number of anilines is 2. The highest BCUT2D eigenvalue weighted by Gasteiger charge is 2.55. The van der Waals surface area contributed by atoms with Crippen molar-refractivity contribution in [1.29, 1.82) is 0 Å². The van der Waals surface area contributed by atoms with Gasteiger partial charge in [-0.2, -0.15) is 5.11 Å². The summed E-state index contributed by atoms with van der Waals surface area (Å²) in [5.41, 5.74) is 0.809. The van der Waals surface area contributed by atoms with Crippen molar-refractivity contribution in [3.63, 3.8) is 0 Å². The smallest absolute Gasteiger partial charge is 0.263 e. The van der Waals surface area contributed by atoms with E-state index < -0.39 is 29.8 Å². The molecule has 1 saturated heterocycles. The third kappa shape index (κ3) is 3.73. The van der Waals surface area contributed by atoms with Crippen LogP contribution in [0.5, 0.6) is 0 Å². The fraction of sp³-hybridized carbons (Fsp3) is 0.167. The molecule has 0 bridgehead atoms. The maximum Gasteiger partial charge on any atom is 0.263 e. The van der Waals surface area contributed by atoms with Crippen LogP contribution in [0.3, 0.4) is 0 Å². The number of fused-ring (bicyclic) bond motifs is 1. The van der Waals surface area contributed by atoms with Crippen LogP contribution >= 0.6 is 39.1 Å². The predicted octanol–water partition coefficient (Wildman–Crippen LogP) is 3.69. The molecule has 0 unspecified atom stereocenters. The number of rotatable bonds is 4. The summed E-state index contributed by atoms with van der Waals surface area (Å²) in [5.74, 6) is -1.42. The van der Waals surface area contributed by atoms with Gasteiger partial charge < -0.3 is 5.32 Å². The number of nitrogens with zero attached hydrogens (tertiary/aromatic N) is 4. The maximum atomic E-state index is 12.9. The molecule has 0 aromatic heterocycles. The van der Waals surface area contributed by atoms with Crippen LogP contribution in [0.4, 0.5) is 11.4 Å². The van der Waals surface area contributed by atoms with E-state index in [4.69, 9.17) is 23.2 Å². The molecule has 0 spiro atoms. The molecule has 11 heteroatoms. The van der Waals surface area contributed by atoms with Crippen molar-refractivity contribution in [3.8, 4) is 0 Å². The molecule has 2 aliphatic rings. The van der Waals surface area contributed by atoms with Crippen LogP contribution in [0.1, 0.15) is 0 Å². The van der Waals surface area contributed by atoms with E-state index >= 15 is 0 Å². The van der Waals surface area contributed by atoms with E-state index in [1.165, 1.54) is 11.1 Å². The molecule has 2 heterocycles. The first-order chi connectivity index (χ1) is 13.8. The van der Waals surface area contributed by atoms with Crippen molar-refractivity contribution in [2.45, 2.75) is 12.1 Å². The lowest BCUT2D eigenvalue weighted by atomic mass is 10.1. The number of hydrogen-bond acceptors (Lipinski definition) is 6. The van der Waals surface area contributed by atoms with Gasteiger partial charge in [0.2, 0.25) is 5.91 Å². The maximum absolute atomic E-state index is 12.9. The molecule has 2 aromatic carbocycles. The Labute approximate surface area is 183 Å². The van der Waals surface area contributed by atoms with Gasteiger partial charge in [-0.15, -0.1) is 0 Å². The summed E-state index contributed by atoms with van der Waals surface area (Å²) < 4.78 is 0.819. The molecule has 2 aromatic rings. The number of imide groups is 1. The Morgan fingerprint density at radius 2 is 1.83 bits per heavy atom. The number of halogens is 3. The SMILES string of the molecule is O=C(CN1N=N[C@H]2C(=O)N(c3ccc(Br)cc3)C(=O)[C@H]21)Nc1ccc(Cl)cc1Cl. The van der Waals surface area contributed by atoms with Crippen LogP contribution in [-0.4, -0.2) is 41.4 Å². The van der Waals surface area contributed by atoms with E-state index in [1.807, 2.05) is 0 Å². The van der Waals surface area contributed by atoms with Crippen LogP contribution in [0.15, 0.2) is 57.3 Å². The Balaban J connectivity index is 1.49. The van der Waals surface area contributed by atoms with E-state index in [1.54, 1.807) is 36.4 Å². The molecule has 3 amide bonds. The number of hydrogen-bond donors (Lipinski definition) is 1. The number of carbonyl (C=O) groups is 3. The fourth-order valence-corrected chi connectivity index (χ4v) is 3.85. The zero-order valence-corrected chi connectivity index (χ0v) is 17.6. The Hall–Kier alpha value is -2.49. The first-order valence-electron chi connectivity index (χ1n) is 8.41. The zero-order valence-electron chi connectivity index (χ0n) is 14.6. The van der Waals surface area contributed by atoms with Gasteiger partial charge in [0.1, 0.15) is 6.54 Å². The monoisotopic (exact) mass is 495 g/mol. The van der Waals surface area contributed by atoms with Crippen molar-refractivity contribution < 1.29 is 14.4 Å². The van der Waals surface area contributed by atoms with Crippen LogP contribution in [0.25, 0.3) is 0 Å². The second-order valence-electron chi connectivity index (χ2n) is 6.35. The molecule has 0 saturated carbocycles. The van der Waals surface area contributed by atoms with Gasteiger partial charge in [0.25, 0.3) is 11.8 Å². The average molecular weight is 497 g/mol. The first kappa shape index (κ1) is 19.8. The van der Waals surface area contributed by atoms with Gasteiger partial charge in [0, 0.05) is 9.50 Å². The molecule has 1 N–H and O–H groups in total. The summed E-state index contributed by atoms with van der Waals surface area (Å²) in [7, 11) is 0. The van der Waals surface area contributed by atoms with E-state index in [0.29, 0.717) is 16.4 Å². The molecule has 8 nitrogen and oxygen atoms in total. The van der Waals surface area contributed by atoms with Crippen molar-refractivity contribution in [2.75, 3.05) is 16.8 Å². The normalized spacial score (nSPS) is 20.4. The van der Waals surface area contributed by atoms with Crippen molar-refractivity contribution in [1.82, 2.24) is 5.01 Å². The third-order valence-corrected chi connectivity index (χ3v) is 5.53. The van der Waals surface area contributed by atoms with E-state index in [9.17, 15) is 14.4 Å². The molecular formula is C18H12BrCl2N5O3. The van der Waals surface area contributed by atoms with Crippen molar-refractivity contribution >= 4 is 68.2 Å². The van der Waals surface area contributed by atoms with Crippen molar-refractivity contribution in [2.24, 2.45) is 10.3 Å². The molecular weight excluding hydrogens is 485 g/mol. The van der Waals surface area contributed by atoms with Gasteiger partial charge in [0.05, 0.1) is 16.4 Å². The van der Waals surface area contributed by atoms with E-state index in [0.717, 1.165) is 9.37 Å². The Bertz CT molecular complexity index is 1050. The Morgan fingerprint density at radius 1 is 1.10 bits per heavy atom. The minimum Gasteiger partial charge on any atom is -0.323 e. The quantitative estimate of drug-likeness (QED) is 0.653. The zero-order chi connectivity index (χ0) is 20.7. The lowest BCUT2D eigenvalue weighted by Gasteiger charge is -2.20. The summed E-state index contributed by atoms with van der Waals surface area (Å²) in [6, 6.07) is 9.48. The number of amides is 3. The number of nitrogens with one attached hydrogen (secondary N) is 1. The van der Waals surface area contributed by atoms with Gasteiger partial charge in [-0.1, -0.05) is 44.4 Å². The molecule has 4 rings (SSSR count). The first-order valence-corrected chi connectivity index (χ1v) is 9.96. The second kappa shape index (κ2) is 7.74. The van der Waals surface area contributed by atoms with Crippen LogP contribution in [0, 0.1) is 0 Å². The van der Waals surface area contributed by atoms with Gasteiger partial charge in [-0.3, -0.25) is 19.4 Å². The largest absolute Gasteiger partial charge is 0.323 e.